The fourth-order valence-electron chi connectivity index (χ4n) is 3.37. The van der Waals surface area contributed by atoms with Crippen LogP contribution in [0.4, 0.5) is 13.2 Å². The number of ether oxygens (including phenoxy) is 2. The molecule has 3 heterocycles. The number of hydrogen-bond acceptors (Lipinski definition) is 6. The summed E-state index contributed by atoms with van der Waals surface area (Å²) in [5, 5.41) is 6.98. The van der Waals surface area contributed by atoms with Gasteiger partial charge in [-0.3, -0.25) is 4.98 Å². The maximum absolute atomic E-state index is 12.3. The van der Waals surface area contributed by atoms with Crippen LogP contribution in [-0.4, -0.2) is 71.6 Å². The van der Waals surface area contributed by atoms with Crippen molar-refractivity contribution in [3.8, 4) is 5.75 Å². The first-order valence-corrected chi connectivity index (χ1v) is 10.5. The predicted molar refractivity (Wildman–Crippen MR) is 93.8 cm³/mol. The number of hydrogen-bond donors (Lipinski definition) is 1. The normalized spacial score (nSPS) is 27.5. The van der Waals surface area contributed by atoms with Gasteiger partial charge in [-0.05, 0) is 31.4 Å². The molecule has 29 heavy (non-hydrogen) atoms. The summed E-state index contributed by atoms with van der Waals surface area (Å²) in [5.41, 5.74) is -0.366. The van der Waals surface area contributed by atoms with Crippen LogP contribution in [0, 0.1) is 0 Å². The molecule has 0 bridgehead atoms. The van der Waals surface area contributed by atoms with Crippen LogP contribution < -0.4 is 4.74 Å². The minimum atomic E-state index is -5.08. The van der Waals surface area contributed by atoms with Crippen LogP contribution in [0.15, 0.2) is 24.5 Å². The quantitative estimate of drug-likeness (QED) is 0.764. The van der Waals surface area contributed by atoms with Crippen molar-refractivity contribution in [2.24, 2.45) is 0 Å². The highest BCUT2D eigenvalue weighted by atomic mass is 32.2. The van der Waals surface area contributed by atoms with Crippen LogP contribution in [0.1, 0.15) is 25.7 Å². The van der Waals surface area contributed by atoms with Gasteiger partial charge in [-0.25, -0.2) is 13.2 Å². The molecule has 1 aromatic rings. The van der Waals surface area contributed by atoms with Crippen LogP contribution in [0.25, 0.3) is 0 Å². The van der Waals surface area contributed by atoms with E-state index >= 15 is 0 Å². The van der Waals surface area contributed by atoms with Gasteiger partial charge in [-0.15, -0.1) is 0 Å². The van der Waals surface area contributed by atoms with E-state index in [0.29, 0.717) is 19.7 Å². The molecule has 0 amide bonds. The summed E-state index contributed by atoms with van der Waals surface area (Å²) in [7, 11) is -3.10. The molecule has 1 aromatic heterocycles. The second kappa shape index (κ2) is 8.07. The summed E-state index contributed by atoms with van der Waals surface area (Å²) in [6.07, 6.45) is 1.37. The summed E-state index contributed by atoms with van der Waals surface area (Å²) in [4.78, 5) is 12.9. The van der Waals surface area contributed by atoms with Crippen molar-refractivity contribution in [2.45, 2.75) is 48.8 Å². The first kappa shape index (κ1) is 21.8. The minimum absolute atomic E-state index is 0.0345. The van der Waals surface area contributed by atoms with E-state index < -0.39 is 22.2 Å². The van der Waals surface area contributed by atoms with E-state index in [2.05, 4.69) is 4.98 Å². The summed E-state index contributed by atoms with van der Waals surface area (Å²) >= 11 is 0. The van der Waals surface area contributed by atoms with E-state index in [1.165, 1.54) is 0 Å². The molecule has 1 saturated carbocycles. The third kappa shape index (κ3) is 5.37. The van der Waals surface area contributed by atoms with Crippen LogP contribution >= 0.6 is 0 Å². The number of nitrogens with zero attached hydrogens (tertiary/aromatic N) is 2. The third-order valence-corrected chi connectivity index (χ3v) is 7.29. The summed E-state index contributed by atoms with van der Waals surface area (Å²) in [5.74, 6) is -2.03. The van der Waals surface area contributed by atoms with Crippen molar-refractivity contribution in [2.75, 3.05) is 19.7 Å². The lowest BCUT2D eigenvalue weighted by Crippen LogP contribution is -2.37. The zero-order valence-electron chi connectivity index (χ0n) is 15.3. The number of alkyl halides is 3. The number of rotatable bonds is 4. The number of aliphatic carboxylic acids is 1. The highest BCUT2D eigenvalue weighted by molar-refractivity contribution is 7.90. The first-order chi connectivity index (χ1) is 13.5. The Morgan fingerprint density at radius 2 is 2.07 bits per heavy atom. The van der Waals surface area contributed by atoms with Crippen LogP contribution in [0.3, 0.4) is 0 Å². The molecule has 1 N–H and O–H groups in total. The molecular weight excluding hydrogens is 417 g/mol. The molecule has 0 aromatic carbocycles. The lowest BCUT2D eigenvalue weighted by molar-refractivity contribution is -0.192. The SMILES string of the molecule is O=C(O)C(F)(F)F.O=S(=O)(C1CC1)N1CCC2(CC(Oc3cccnc3)CO2)C1. The summed E-state index contributed by atoms with van der Waals surface area (Å²) in [6, 6.07) is 3.71. The molecule has 162 valence electrons. The molecular formula is C17H21F3N2O6S. The largest absolute Gasteiger partial charge is 0.490 e. The fraction of sp³-hybridized carbons (Fsp3) is 0.647. The Morgan fingerprint density at radius 3 is 2.62 bits per heavy atom. The van der Waals surface area contributed by atoms with Gasteiger partial charge in [0.1, 0.15) is 11.9 Å². The molecule has 1 spiro atoms. The Bertz CT molecular complexity index is 831. The average molecular weight is 438 g/mol. The van der Waals surface area contributed by atoms with E-state index in [1.54, 1.807) is 16.7 Å². The smallest absolute Gasteiger partial charge is 0.486 e. The number of pyridine rings is 1. The molecule has 1 aliphatic carbocycles. The van der Waals surface area contributed by atoms with Gasteiger partial charge in [0, 0.05) is 25.7 Å². The van der Waals surface area contributed by atoms with E-state index in [-0.39, 0.29) is 17.0 Å². The molecule has 8 nitrogen and oxygen atoms in total. The lowest BCUT2D eigenvalue weighted by Gasteiger charge is -2.23. The van der Waals surface area contributed by atoms with Gasteiger partial charge < -0.3 is 14.6 Å². The van der Waals surface area contributed by atoms with Crippen molar-refractivity contribution in [1.82, 2.24) is 9.29 Å². The fourth-order valence-corrected chi connectivity index (χ4v) is 5.29. The van der Waals surface area contributed by atoms with Crippen molar-refractivity contribution < 1.29 is 41.0 Å². The number of aromatic nitrogens is 1. The molecule has 2 aliphatic heterocycles. The van der Waals surface area contributed by atoms with E-state index in [4.69, 9.17) is 19.4 Å². The Labute approximate surface area is 165 Å². The highest BCUT2D eigenvalue weighted by Crippen LogP contribution is 2.40. The van der Waals surface area contributed by atoms with Gasteiger partial charge in [-0.1, -0.05) is 0 Å². The van der Waals surface area contributed by atoms with Crippen molar-refractivity contribution in [1.29, 1.82) is 0 Å². The van der Waals surface area contributed by atoms with Gasteiger partial charge in [0.2, 0.25) is 10.0 Å². The number of carbonyl (C=O) groups is 1. The van der Waals surface area contributed by atoms with E-state index in [1.807, 2.05) is 12.1 Å². The molecule has 12 heteroatoms. The van der Waals surface area contributed by atoms with Gasteiger partial charge in [0.15, 0.2) is 0 Å². The number of carboxylic acids is 1. The second-order valence-electron chi connectivity index (χ2n) is 7.26. The molecule has 2 unspecified atom stereocenters. The summed E-state index contributed by atoms with van der Waals surface area (Å²) < 4.78 is 69.9. The zero-order chi connectivity index (χ0) is 21.3. The standard InChI is InChI=1S/C15H20N2O4S.C2HF3O2/c18-22(19,14-3-4-14)17-7-5-15(11-17)8-13(10-20-15)21-12-2-1-6-16-9-12;3-2(4,5)1(6)7/h1-2,6,9,13-14H,3-5,7-8,10-11H2;(H,6,7). The number of halogens is 3. The number of carboxylic acid groups (broad SMARTS) is 1. The van der Waals surface area contributed by atoms with Crippen LogP contribution in [0.5, 0.6) is 5.75 Å². The predicted octanol–water partition coefficient (Wildman–Crippen LogP) is 1.82. The second-order valence-corrected chi connectivity index (χ2v) is 9.47. The van der Waals surface area contributed by atoms with Gasteiger partial charge in [0.25, 0.3) is 0 Å². The molecule has 0 radical (unpaired) electrons. The topological polar surface area (TPSA) is 106 Å². The maximum atomic E-state index is 12.3. The number of sulfonamides is 1. The zero-order valence-corrected chi connectivity index (χ0v) is 16.2. The highest BCUT2D eigenvalue weighted by Gasteiger charge is 2.51. The molecule has 3 fully saturated rings. The molecule has 3 aliphatic rings. The first-order valence-electron chi connectivity index (χ1n) is 9.02. The Balaban J connectivity index is 0.000000298. The van der Waals surface area contributed by atoms with Crippen molar-refractivity contribution in [3.05, 3.63) is 24.5 Å². The average Bonchev–Trinajstić information content (AvgIpc) is 3.33. The monoisotopic (exact) mass is 438 g/mol. The van der Waals surface area contributed by atoms with Gasteiger partial charge in [0.05, 0.1) is 23.7 Å². The van der Waals surface area contributed by atoms with Gasteiger partial charge in [-0.2, -0.15) is 17.5 Å². The third-order valence-electron chi connectivity index (χ3n) is 4.94. The Kier molecular flexibility index (Phi) is 6.06. The van der Waals surface area contributed by atoms with Crippen LogP contribution in [0.2, 0.25) is 0 Å². The van der Waals surface area contributed by atoms with Crippen molar-refractivity contribution in [3.63, 3.8) is 0 Å². The molecule has 2 saturated heterocycles. The molecule has 2 atom stereocenters. The van der Waals surface area contributed by atoms with E-state index in [9.17, 15) is 21.6 Å². The lowest BCUT2D eigenvalue weighted by atomic mass is 9.98. The Morgan fingerprint density at radius 1 is 1.38 bits per heavy atom. The van der Waals surface area contributed by atoms with Crippen LogP contribution in [-0.2, 0) is 19.6 Å². The van der Waals surface area contributed by atoms with Gasteiger partial charge >= 0.3 is 12.1 Å². The van der Waals surface area contributed by atoms with E-state index in [0.717, 1.165) is 31.4 Å². The Hall–Kier alpha value is -1.92. The molecule has 4 rings (SSSR count). The maximum Gasteiger partial charge on any atom is 0.490 e. The summed E-state index contributed by atoms with van der Waals surface area (Å²) in [6.45, 7) is 1.55. The minimum Gasteiger partial charge on any atom is -0.486 e. The van der Waals surface area contributed by atoms with Crippen molar-refractivity contribution >= 4 is 16.0 Å².